The Bertz CT molecular complexity index is 381. The number of rotatable bonds is 4. The molecule has 0 bridgehead atoms. The molecule has 0 radical (unpaired) electrons. The topological polar surface area (TPSA) is 94.0 Å². The number of Topliss-reactive ketones (excluding diaryl/α,β-unsaturated/α-hetero) is 1. The van der Waals surface area contributed by atoms with Crippen molar-refractivity contribution in [2.24, 2.45) is 5.41 Å². The van der Waals surface area contributed by atoms with Gasteiger partial charge in [0.2, 0.25) is 5.91 Å². The van der Waals surface area contributed by atoms with Crippen LogP contribution < -0.4 is 16.2 Å². The van der Waals surface area contributed by atoms with Crippen molar-refractivity contribution in [1.82, 2.24) is 16.2 Å². The number of carbonyl (C=O) groups is 2. The lowest BCUT2D eigenvalue weighted by atomic mass is 9.94. The second-order valence-corrected chi connectivity index (χ2v) is 5.50. The summed E-state index contributed by atoms with van der Waals surface area (Å²) < 4.78 is 0. The minimum Gasteiger partial charge on any atom is -0.296 e. The Morgan fingerprint density at radius 3 is 2.67 bits per heavy atom. The molecule has 1 unspecified atom stereocenters. The van der Waals surface area contributed by atoms with Gasteiger partial charge in [0.15, 0.2) is 11.3 Å². The number of hydrogen-bond donors (Lipinski definition) is 3. The second kappa shape index (κ2) is 5.46. The van der Waals surface area contributed by atoms with E-state index in [1.54, 1.807) is 0 Å². The van der Waals surface area contributed by atoms with Crippen LogP contribution in [0, 0.1) is 16.7 Å². The molecule has 6 heteroatoms. The summed E-state index contributed by atoms with van der Waals surface area (Å²) in [6.45, 7) is 6.34. The van der Waals surface area contributed by atoms with Crippen molar-refractivity contribution in [2.75, 3.05) is 13.1 Å². The van der Waals surface area contributed by atoms with Crippen LogP contribution in [-0.2, 0) is 9.59 Å². The van der Waals surface area contributed by atoms with Crippen LogP contribution in [0.4, 0.5) is 0 Å². The maximum absolute atomic E-state index is 11.6. The molecule has 1 aliphatic rings. The number of hydrogen-bond acceptors (Lipinski definition) is 5. The van der Waals surface area contributed by atoms with E-state index >= 15 is 0 Å². The summed E-state index contributed by atoms with van der Waals surface area (Å²) in [5.41, 5.74) is 3.77. The van der Waals surface area contributed by atoms with Crippen LogP contribution in [0.25, 0.3) is 0 Å². The van der Waals surface area contributed by atoms with E-state index in [9.17, 15) is 9.59 Å². The molecule has 1 fully saturated rings. The Kier molecular flexibility index (Phi) is 4.43. The van der Waals surface area contributed by atoms with E-state index in [0.717, 1.165) is 0 Å². The van der Waals surface area contributed by atoms with Crippen molar-refractivity contribution in [1.29, 1.82) is 5.26 Å². The molecule has 0 aliphatic carbocycles. The minimum absolute atomic E-state index is 0.0750. The fourth-order valence-electron chi connectivity index (χ4n) is 1.67. The van der Waals surface area contributed by atoms with E-state index in [4.69, 9.17) is 5.26 Å². The average Bonchev–Trinajstić information content (AvgIpc) is 2.65. The molecule has 18 heavy (non-hydrogen) atoms. The van der Waals surface area contributed by atoms with Gasteiger partial charge < -0.3 is 0 Å². The maximum atomic E-state index is 11.6. The zero-order chi connectivity index (χ0) is 13.8. The van der Waals surface area contributed by atoms with Crippen molar-refractivity contribution >= 4 is 11.7 Å². The van der Waals surface area contributed by atoms with E-state index in [2.05, 4.69) is 16.2 Å². The Morgan fingerprint density at radius 1 is 1.56 bits per heavy atom. The molecule has 0 aromatic rings. The highest BCUT2D eigenvalue weighted by molar-refractivity contribution is 5.93. The number of hydrazine groups is 1. The average molecular weight is 252 g/mol. The number of nitrogens with zero attached hydrogens (tertiary/aromatic N) is 1. The smallest absolute Gasteiger partial charge is 0.239 e. The fourth-order valence-corrected chi connectivity index (χ4v) is 1.67. The lowest BCUT2D eigenvalue weighted by Gasteiger charge is -2.21. The van der Waals surface area contributed by atoms with E-state index in [1.165, 1.54) is 0 Å². The van der Waals surface area contributed by atoms with Crippen molar-refractivity contribution in [3.63, 3.8) is 0 Å². The molecule has 6 nitrogen and oxygen atoms in total. The van der Waals surface area contributed by atoms with Crippen molar-refractivity contribution in [2.45, 2.75) is 39.2 Å². The normalized spacial score (nSPS) is 23.8. The molecule has 3 N–H and O–H groups in total. The first kappa shape index (κ1) is 14.6. The van der Waals surface area contributed by atoms with Gasteiger partial charge in [-0.15, -0.1) is 0 Å². The van der Waals surface area contributed by atoms with Gasteiger partial charge in [-0.1, -0.05) is 20.8 Å². The summed E-state index contributed by atoms with van der Waals surface area (Å²) >= 11 is 0. The molecule has 1 saturated heterocycles. The van der Waals surface area contributed by atoms with Crippen LogP contribution in [-0.4, -0.2) is 30.3 Å². The first-order valence-electron chi connectivity index (χ1n) is 6.05. The Hall–Kier alpha value is -1.45. The van der Waals surface area contributed by atoms with Gasteiger partial charge in [0.1, 0.15) is 0 Å². The summed E-state index contributed by atoms with van der Waals surface area (Å²) in [4.78, 5) is 23.2. The third-order valence-corrected chi connectivity index (χ3v) is 2.95. The molecule has 1 atom stereocenters. The van der Waals surface area contributed by atoms with Crippen LogP contribution in [0.15, 0.2) is 0 Å². The van der Waals surface area contributed by atoms with Crippen LogP contribution in [0.1, 0.15) is 33.6 Å². The number of carbonyl (C=O) groups excluding carboxylic acids is 2. The molecule has 0 aromatic carbocycles. The fraction of sp³-hybridized carbons (Fsp3) is 0.750. The lowest BCUT2D eigenvalue weighted by molar-refractivity contribution is -0.129. The third kappa shape index (κ3) is 3.28. The van der Waals surface area contributed by atoms with Crippen LogP contribution >= 0.6 is 0 Å². The molecular weight excluding hydrogens is 232 g/mol. The van der Waals surface area contributed by atoms with Gasteiger partial charge in [-0.2, -0.15) is 5.26 Å². The molecule has 1 heterocycles. The standard InChI is InChI=1S/C12H20N4O2/c1-11(2,3)10(18)16-15-7-5-12(8-13)9(17)4-6-14-12/h14-15H,4-7H2,1-3H3,(H,16,18). The van der Waals surface area contributed by atoms with E-state index in [1.807, 2.05) is 26.8 Å². The van der Waals surface area contributed by atoms with Crippen LogP contribution in [0.3, 0.4) is 0 Å². The monoisotopic (exact) mass is 252 g/mol. The number of ketones is 1. The van der Waals surface area contributed by atoms with E-state index < -0.39 is 11.0 Å². The molecule has 0 saturated carbocycles. The molecule has 0 spiro atoms. The van der Waals surface area contributed by atoms with Crippen molar-refractivity contribution in [3.8, 4) is 6.07 Å². The van der Waals surface area contributed by atoms with Crippen molar-refractivity contribution < 1.29 is 9.59 Å². The number of nitriles is 1. The Morgan fingerprint density at radius 2 is 2.22 bits per heavy atom. The molecular formula is C12H20N4O2. The number of amides is 1. The largest absolute Gasteiger partial charge is 0.296 e. The lowest BCUT2D eigenvalue weighted by Crippen LogP contribution is -2.49. The number of nitrogens with one attached hydrogen (secondary N) is 3. The SMILES string of the molecule is CC(C)(C)C(=O)NNCCC1(C#N)NCCC1=O. The maximum Gasteiger partial charge on any atom is 0.239 e. The zero-order valence-corrected chi connectivity index (χ0v) is 11.1. The third-order valence-electron chi connectivity index (χ3n) is 2.95. The molecule has 1 amide bonds. The van der Waals surface area contributed by atoms with Gasteiger partial charge in [-0.3, -0.25) is 20.3 Å². The van der Waals surface area contributed by atoms with Crippen LogP contribution in [0.5, 0.6) is 0 Å². The second-order valence-electron chi connectivity index (χ2n) is 5.50. The Balaban J connectivity index is 2.36. The highest BCUT2D eigenvalue weighted by Gasteiger charge is 2.41. The molecule has 100 valence electrons. The van der Waals surface area contributed by atoms with Gasteiger partial charge in [-0.25, -0.2) is 5.43 Å². The predicted octanol–water partition coefficient (Wildman–Crippen LogP) is -0.132. The summed E-state index contributed by atoms with van der Waals surface area (Å²) in [5.74, 6) is -0.201. The minimum atomic E-state index is -1.08. The highest BCUT2D eigenvalue weighted by Crippen LogP contribution is 2.18. The molecule has 0 aromatic heterocycles. The van der Waals surface area contributed by atoms with E-state index in [-0.39, 0.29) is 11.7 Å². The predicted molar refractivity (Wildman–Crippen MR) is 66.2 cm³/mol. The van der Waals surface area contributed by atoms with Gasteiger partial charge in [0.05, 0.1) is 6.07 Å². The van der Waals surface area contributed by atoms with Gasteiger partial charge in [0.25, 0.3) is 0 Å². The van der Waals surface area contributed by atoms with Gasteiger partial charge >= 0.3 is 0 Å². The van der Waals surface area contributed by atoms with Gasteiger partial charge in [-0.05, 0) is 0 Å². The zero-order valence-electron chi connectivity index (χ0n) is 11.1. The first-order chi connectivity index (χ1) is 8.32. The van der Waals surface area contributed by atoms with Crippen LogP contribution in [0.2, 0.25) is 0 Å². The van der Waals surface area contributed by atoms with Gasteiger partial charge in [0, 0.05) is 31.3 Å². The quantitative estimate of drug-likeness (QED) is 0.478. The first-order valence-corrected chi connectivity index (χ1v) is 6.05. The Labute approximate surface area is 107 Å². The summed E-state index contributed by atoms with van der Waals surface area (Å²) in [6.07, 6.45) is 0.731. The van der Waals surface area contributed by atoms with E-state index in [0.29, 0.717) is 25.9 Å². The summed E-state index contributed by atoms with van der Waals surface area (Å²) in [5, 5.41) is 12.0. The molecule has 1 aliphatic heterocycles. The highest BCUT2D eigenvalue weighted by atomic mass is 16.2. The summed E-state index contributed by atoms with van der Waals surface area (Å²) in [7, 11) is 0. The molecule has 1 rings (SSSR count). The summed E-state index contributed by atoms with van der Waals surface area (Å²) in [6, 6.07) is 2.03. The van der Waals surface area contributed by atoms with Crippen molar-refractivity contribution in [3.05, 3.63) is 0 Å².